The van der Waals surface area contributed by atoms with E-state index >= 15 is 0 Å². The molecule has 0 fully saturated rings. The van der Waals surface area contributed by atoms with Gasteiger partial charge in [0, 0.05) is 11.3 Å². The number of aliphatic hydroxyl groups is 1. The molecular weight excluding hydrogens is 268 g/mol. The van der Waals surface area contributed by atoms with Crippen LogP contribution in [0.4, 0.5) is 0 Å². The molecule has 1 heterocycles. The first-order valence-corrected chi connectivity index (χ1v) is 7.14. The molecule has 1 aromatic rings. The molecule has 74 valence electrons. The van der Waals surface area contributed by atoms with E-state index < -0.39 is 0 Å². The van der Waals surface area contributed by atoms with E-state index in [1.54, 1.807) is 23.1 Å². The molecule has 4 heteroatoms. The van der Waals surface area contributed by atoms with Crippen molar-refractivity contribution in [1.82, 2.24) is 0 Å². The Morgan fingerprint density at radius 3 is 2.92 bits per heavy atom. The highest BCUT2D eigenvalue weighted by Gasteiger charge is 2.06. The number of halogens is 1. The highest BCUT2D eigenvalue weighted by atomic mass is 79.9. The van der Waals surface area contributed by atoms with Gasteiger partial charge in [-0.25, -0.2) is 0 Å². The zero-order chi connectivity index (χ0) is 9.68. The van der Waals surface area contributed by atoms with Crippen LogP contribution >= 0.6 is 39.0 Å². The Balaban J connectivity index is 2.31. The van der Waals surface area contributed by atoms with Gasteiger partial charge in [0.2, 0.25) is 0 Å². The smallest absolute Gasteiger partial charge is 0.0701 e. The molecule has 0 spiro atoms. The lowest BCUT2D eigenvalue weighted by Crippen LogP contribution is -2.10. The van der Waals surface area contributed by atoms with Crippen molar-refractivity contribution < 1.29 is 5.11 Å². The van der Waals surface area contributed by atoms with Crippen molar-refractivity contribution in [2.75, 3.05) is 12.0 Å². The molecule has 0 radical (unpaired) electrons. The third-order valence-corrected chi connectivity index (χ3v) is 4.01. The molecule has 1 N–H and O–H groups in total. The van der Waals surface area contributed by atoms with Gasteiger partial charge in [-0.3, -0.25) is 0 Å². The largest absolute Gasteiger partial charge is 0.393 e. The van der Waals surface area contributed by atoms with Crippen LogP contribution in [-0.2, 0) is 6.42 Å². The number of rotatable bonds is 5. The van der Waals surface area contributed by atoms with Crippen molar-refractivity contribution in [2.24, 2.45) is 0 Å². The summed E-state index contributed by atoms with van der Waals surface area (Å²) in [4.78, 5) is 1.25. The summed E-state index contributed by atoms with van der Waals surface area (Å²) in [6, 6.07) is 4.10. The number of aliphatic hydroxyl groups excluding tert-OH is 1. The van der Waals surface area contributed by atoms with Crippen molar-refractivity contribution in [1.29, 1.82) is 0 Å². The molecule has 0 amide bonds. The van der Waals surface area contributed by atoms with E-state index in [-0.39, 0.29) is 6.10 Å². The van der Waals surface area contributed by atoms with Crippen LogP contribution in [0.25, 0.3) is 0 Å². The first kappa shape index (κ1) is 11.6. The van der Waals surface area contributed by atoms with Crippen LogP contribution < -0.4 is 0 Å². The normalized spacial score (nSPS) is 13.2. The zero-order valence-corrected chi connectivity index (χ0v) is 10.7. The minimum Gasteiger partial charge on any atom is -0.393 e. The molecule has 0 saturated carbocycles. The topological polar surface area (TPSA) is 20.2 Å². The van der Waals surface area contributed by atoms with Gasteiger partial charge in [0.15, 0.2) is 0 Å². The van der Waals surface area contributed by atoms with Crippen LogP contribution in [0.3, 0.4) is 0 Å². The van der Waals surface area contributed by atoms with E-state index in [0.29, 0.717) is 0 Å². The fourth-order valence-electron chi connectivity index (χ4n) is 1.05. The number of thioether (sulfide) groups is 1. The van der Waals surface area contributed by atoms with Gasteiger partial charge in [0.1, 0.15) is 0 Å². The second-order valence-corrected chi connectivity index (χ2v) is 6.38. The van der Waals surface area contributed by atoms with Gasteiger partial charge in [0.05, 0.1) is 9.89 Å². The van der Waals surface area contributed by atoms with Gasteiger partial charge in [-0.05, 0) is 46.5 Å². The van der Waals surface area contributed by atoms with Crippen molar-refractivity contribution in [2.45, 2.75) is 18.9 Å². The molecule has 0 aliphatic carbocycles. The summed E-state index contributed by atoms with van der Waals surface area (Å²) in [6.07, 6.45) is 3.56. The summed E-state index contributed by atoms with van der Waals surface area (Å²) < 4.78 is 1.14. The van der Waals surface area contributed by atoms with E-state index in [2.05, 4.69) is 28.3 Å². The van der Waals surface area contributed by atoms with E-state index in [0.717, 1.165) is 22.4 Å². The standard InChI is InChI=1S/C9H13BrOS2/c1-12-5-4-7(11)6-8-2-3-9(10)13-8/h2-3,7,11H,4-6H2,1H3. The van der Waals surface area contributed by atoms with Crippen LogP contribution in [0.2, 0.25) is 0 Å². The minimum atomic E-state index is -0.182. The summed E-state index contributed by atoms with van der Waals surface area (Å²) in [5, 5.41) is 9.62. The van der Waals surface area contributed by atoms with Crippen LogP contribution in [0.15, 0.2) is 15.9 Å². The molecule has 13 heavy (non-hydrogen) atoms. The van der Waals surface area contributed by atoms with Gasteiger partial charge >= 0.3 is 0 Å². The average molecular weight is 281 g/mol. The van der Waals surface area contributed by atoms with Gasteiger partial charge in [-0.15, -0.1) is 11.3 Å². The summed E-state index contributed by atoms with van der Waals surface area (Å²) in [7, 11) is 0. The summed E-state index contributed by atoms with van der Waals surface area (Å²) in [5.41, 5.74) is 0. The maximum absolute atomic E-state index is 9.62. The highest BCUT2D eigenvalue weighted by Crippen LogP contribution is 2.23. The van der Waals surface area contributed by atoms with Gasteiger partial charge in [-0.1, -0.05) is 0 Å². The predicted octanol–water partition coefficient (Wildman–Crippen LogP) is 3.17. The number of hydrogen-bond acceptors (Lipinski definition) is 3. The lowest BCUT2D eigenvalue weighted by atomic mass is 10.2. The third-order valence-electron chi connectivity index (χ3n) is 1.72. The molecule has 0 aromatic carbocycles. The molecule has 1 nitrogen and oxygen atoms in total. The molecule has 1 atom stereocenters. The Morgan fingerprint density at radius 1 is 1.62 bits per heavy atom. The fraction of sp³-hybridized carbons (Fsp3) is 0.556. The van der Waals surface area contributed by atoms with Crippen molar-refractivity contribution in [3.8, 4) is 0 Å². The SMILES string of the molecule is CSCCC(O)Cc1ccc(Br)s1. The average Bonchev–Trinajstić information content (AvgIpc) is 2.48. The van der Waals surface area contributed by atoms with Gasteiger partial charge in [0.25, 0.3) is 0 Å². The Morgan fingerprint density at radius 2 is 2.38 bits per heavy atom. The first-order valence-electron chi connectivity index (χ1n) is 4.13. The van der Waals surface area contributed by atoms with Crippen LogP contribution in [0.5, 0.6) is 0 Å². The molecule has 0 aliphatic rings. The Kier molecular flexibility index (Phi) is 5.39. The number of thiophene rings is 1. The van der Waals surface area contributed by atoms with E-state index in [4.69, 9.17) is 0 Å². The monoisotopic (exact) mass is 280 g/mol. The second kappa shape index (κ2) is 6.06. The lowest BCUT2D eigenvalue weighted by molar-refractivity contribution is 0.173. The van der Waals surface area contributed by atoms with E-state index in [1.165, 1.54) is 4.88 Å². The molecule has 0 saturated heterocycles. The Hall–Kier alpha value is 0.490. The van der Waals surface area contributed by atoms with Crippen LogP contribution in [0.1, 0.15) is 11.3 Å². The van der Waals surface area contributed by atoms with Crippen LogP contribution in [-0.4, -0.2) is 23.2 Å². The van der Waals surface area contributed by atoms with Gasteiger partial charge in [-0.2, -0.15) is 11.8 Å². The predicted molar refractivity (Wildman–Crippen MR) is 64.7 cm³/mol. The third kappa shape index (κ3) is 4.49. The van der Waals surface area contributed by atoms with Crippen molar-refractivity contribution in [3.63, 3.8) is 0 Å². The highest BCUT2D eigenvalue weighted by molar-refractivity contribution is 9.11. The minimum absolute atomic E-state index is 0.182. The van der Waals surface area contributed by atoms with Crippen LogP contribution in [0, 0.1) is 0 Å². The maximum Gasteiger partial charge on any atom is 0.0701 e. The van der Waals surface area contributed by atoms with E-state index in [1.807, 2.05) is 6.07 Å². The van der Waals surface area contributed by atoms with E-state index in [9.17, 15) is 5.11 Å². The second-order valence-electron chi connectivity index (χ2n) is 2.85. The van der Waals surface area contributed by atoms with Crippen molar-refractivity contribution in [3.05, 3.63) is 20.8 Å². The lowest BCUT2D eigenvalue weighted by Gasteiger charge is -2.07. The van der Waals surface area contributed by atoms with Crippen molar-refractivity contribution >= 4 is 39.0 Å². The fourth-order valence-corrected chi connectivity index (χ4v) is 3.11. The molecule has 0 bridgehead atoms. The molecule has 1 unspecified atom stereocenters. The summed E-state index contributed by atoms with van der Waals surface area (Å²) in [6.45, 7) is 0. The quantitative estimate of drug-likeness (QED) is 0.894. The number of hydrogen-bond donors (Lipinski definition) is 1. The maximum atomic E-state index is 9.62. The first-order chi connectivity index (χ1) is 6.22. The zero-order valence-electron chi connectivity index (χ0n) is 7.50. The Bertz CT molecular complexity index is 250. The molecule has 1 aromatic heterocycles. The summed E-state index contributed by atoms with van der Waals surface area (Å²) >= 11 is 6.89. The summed E-state index contributed by atoms with van der Waals surface area (Å²) in [5.74, 6) is 1.04. The molecule has 0 aliphatic heterocycles. The Labute approximate surface area is 95.7 Å². The van der Waals surface area contributed by atoms with Gasteiger partial charge < -0.3 is 5.11 Å². The molecular formula is C9H13BrOS2. The molecule has 1 rings (SSSR count).